The Balaban J connectivity index is 1.56. The van der Waals surface area contributed by atoms with Crippen LogP contribution >= 0.6 is 0 Å². The van der Waals surface area contributed by atoms with E-state index in [1.807, 2.05) is 26.0 Å². The molecule has 0 saturated carbocycles. The lowest BCUT2D eigenvalue weighted by Crippen LogP contribution is -2.37. The number of carbonyl (C=O) groups excluding carboxylic acids is 1. The Labute approximate surface area is 195 Å². The number of aryl methyl sites for hydroxylation is 2. The van der Waals surface area contributed by atoms with Crippen LogP contribution in [-0.2, 0) is 5.41 Å². The molecule has 2 aromatic carbocycles. The van der Waals surface area contributed by atoms with Gasteiger partial charge in [0.2, 0.25) is 0 Å². The number of hydrogen-bond donors (Lipinski definition) is 1. The molecule has 0 unspecified atom stereocenters. The summed E-state index contributed by atoms with van der Waals surface area (Å²) in [4.78, 5) is 28.0. The summed E-state index contributed by atoms with van der Waals surface area (Å²) in [5.74, 6) is -0.304. The van der Waals surface area contributed by atoms with Crippen molar-refractivity contribution < 1.29 is 9.21 Å². The molecule has 1 aromatic heterocycles. The van der Waals surface area contributed by atoms with Crippen molar-refractivity contribution in [1.29, 1.82) is 0 Å². The Morgan fingerprint density at radius 2 is 1.67 bits per heavy atom. The molecule has 1 fully saturated rings. The fraction of sp³-hybridized carbons (Fsp3) is 0.429. The normalized spacial score (nSPS) is 15.7. The highest BCUT2D eigenvalue weighted by Gasteiger charge is 2.25. The maximum Gasteiger partial charge on any atom is 0.287 e. The third-order valence-electron chi connectivity index (χ3n) is 6.77. The van der Waals surface area contributed by atoms with Gasteiger partial charge < -0.3 is 9.73 Å². The predicted molar refractivity (Wildman–Crippen MR) is 133 cm³/mol. The Kier molecular flexibility index (Phi) is 6.44. The number of rotatable bonds is 5. The predicted octanol–water partition coefficient (Wildman–Crippen LogP) is 5.27. The van der Waals surface area contributed by atoms with Gasteiger partial charge in [-0.15, -0.1) is 0 Å². The molecule has 4 rings (SSSR count). The minimum absolute atomic E-state index is 0.0546. The van der Waals surface area contributed by atoms with Crippen LogP contribution in [0.15, 0.2) is 51.7 Å². The maximum atomic E-state index is 13.0. The van der Waals surface area contributed by atoms with Gasteiger partial charge in [-0.3, -0.25) is 14.5 Å². The molecule has 3 aromatic rings. The Morgan fingerprint density at radius 3 is 2.30 bits per heavy atom. The molecular formula is C28H34N2O3. The van der Waals surface area contributed by atoms with Crippen LogP contribution in [0.5, 0.6) is 0 Å². The van der Waals surface area contributed by atoms with Gasteiger partial charge in [0.1, 0.15) is 5.58 Å². The van der Waals surface area contributed by atoms with E-state index in [0.29, 0.717) is 17.5 Å². The van der Waals surface area contributed by atoms with E-state index in [9.17, 15) is 9.59 Å². The van der Waals surface area contributed by atoms with Gasteiger partial charge in [-0.1, -0.05) is 45.0 Å². The highest BCUT2D eigenvalue weighted by atomic mass is 16.3. The molecule has 1 amide bonds. The number of likely N-dealkylation sites (tertiary alicyclic amines) is 1. The van der Waals surface area contributed by atoms with Crippen LogP contribution in [0.1, 0.15) is 72.5 Å². The van der Waals surface area contributed by atoms with Crippen molar-refractivity contribution in [3.05, 3.63) is 80.7 Å². The molecule has 174 valence electrons. The van der Waals surface area contributed by atoms with Crippen molar-refractivity contribution in [2.75, 3.05) is 19.6 Å². The molecule has 1 aliphatic rings. The van der Waals surface area contributed by atoms with Gasteiger partial charge in [0.15, 0.2) is 11.2 Å². The quantitative estimate of drug-likeness (QED) is 0.580. The van der Waals surface area contributed by atoms with Crippen molar-refractivity contribution in [3.8, 4) is 0 Å². The van der Waals surface area contributed by atoms with E-state index < -0.39 is 0 Å². The van der Waals surface area contributed by atoms with E-state index in [1.54, 1.807) is 0 Å². The first-order valence-electron chi connectivity index (χ1n) is 11.8. The van der Waals surface area contributed by atoms with Gasteiger partial charge in [0, 0.05) is 12.6 Å². The van der Waals surface area contributed by atoms with Crippen LogP contribution in [0.2, 0.25) is 0 Å². The van der Waals surface area contributed by atoms with Crippen molar-refractivity contribution in [3.63, 3.8) is 0 Å². The largest absolute Gasteiger partial charge is 0.451 e. The molecule has 5 nitrogen and oxygen atoms in total. The summed E-state index contributed by atoms with van der Waals surface area (Å²) in [6, 6.07) is 13.8. The number of hydrogen-bond acceptors (Lipinski definition) is 4. The second kappa shape index (κ2) is 9.14. The SMILES string of the molecule is Cc1cc2oc(C(=O)NC[C@@H](c3ccc(C(C)(C)C)cc3)N3CCCC3)cc(=O)c2cc1C. The lowest BCUT2D eigenvalue weighted by molar-refractivity contribution is 0.0910. The number of nitrogens with one attached hydrogen (secondary N) is 1. The first-order chi connectivity index (χ1) is 15.6. The second-order valence-corrected chi connectivity index (χ2v) is 10.2. The van der Waals surface area contributed by atoms with Crippen LogP contribution in [0.25, 0.3) is 11.0 Å². The van der Waals surface area contributed by atoms with Crippen molar-refractivity contribution in [2.24, 2.45) is 0 Å². The lowest BCUT2D eigenvalue weighted by atomic mass is 9.86. The van der Waals surface area contributed by atoms with Gasteiger partial charge in [0.25, 0.3) is 5.91 Å². The number of fused-ring (bicyclic) bond motifs is 1. The van der Waals surface area contributed by atoms with Crippen molar-refractivity contribution in [1.82, 2.24) is 10.2 Å². The molecule has 1 aliphatic heterocycles. The Hall–Kier alpha value is -2.92. The molecule has 33 heavy (non-hydrogen) atoms. The third kappa shape index (κ3) is 5.03. The van der Waals surface area contributed by atoms with E-state index in [-0.39, 0.29) is 28.6 Å². The number of carbonyl (C=O) groups is 1. The highest BCUT2D eigenvalue weighted by Crippen LogP contribution is 2.28. The fourth-order valence-electron chi connectivity index (χ4n) is 4.52. The van der Waals surface area contributed by atoms with Crippen LogP contribution in [0, 0.1) is 13.8 Å². The molecule has 1 saturated heterocycles. The summed E-state index contributed by atoms with van der Waals surface area (Å²) in [6.45, 7) is 13.0. The summed E-state index contributed by atoms with van der Waals surface area (Å²) in [5.41, 5.74) is 4.88. The van der Waals surface area contributed by atoms with Crippen LogP contribution in [0.4, 0.5) is 0 Å². The Bertz CT molecular complexity index is 1210. The van der Waals surface area contributed by atoms with Gasteiger partial charge in [-0.25, -0.2) is 0 Å². The van der Waals surface area contributed by atoms with E-state index in [2.05, 4.69) is 55.3 Å². The van der Waals surface area contributed by atoms with Gasteiger partial charge >= 0.3 is 0 Å². The van der Waals surface area contributed by atoms with E-state index in [4.69, 9.17) is 4.42 Å². The topological polar surface area (TPSA) is 62.6 Å². The minimum Gasteiger partial charge on any atom is -0.451 e. The summed E-state index contributed by atoms with van der Waals surface area (Å²) < 4.78 is 5.83. The molecule has 5 heteroatoms. The van der Waals surface area contributed by atoms with Gasteiger partial charge in [0.05, 0.1) is 11.4 Å². The zero-order valence-electron chi connectivity index (χ0n) is 20.3. The molecular weight excluding hydrogens is 412 g/mol. The zero-order valence-corrected chi connectivity index (χ0v) is 20.3. The third-order valence-corrected chi connectivity index (χ3v) is 6.77. The van der Waals surface area contributed by atoms with Crippen molar-refractivity contribution >= 4 is 16.9 Å². The number of benzene rings is 2. The summed E-state index contributed by atoms with van der Waals surface area (Å²) >= 11 is 0. The molecule has 0 spiro atoms. The Morgan fingerprint density at radius 1 is 1.03 bits per heavy atom. The maximum absolute atomic E-state index is 13.0. The average Bonchev–Trinajstić information content (AvgIpc) is 3.29. The van der Waals surface area contributed by atoms with Crippen LogP contribution in [-0.4, -0.2) is 30.4 Å². The average molecular weight is 447 g/mol. The lowest BCUT2D eigenvalue weighted by Gasteiger charge is -2.29. The smallest absolute Gasteiger partial charge is 0.287 e. The highest BCUT2D eigenvalue weighted by molar-refractivity contribution is 5.93. The molecule has 0 radical (unpaired) electrons. The molecule has 0 aliphatic carbocycles. The van der Waals surface area contributed by atoms with Gasteiger partial charge in [-0.05, 0) is 79.6 Å². The molecule has 0 bridgehead atoms. The fourth-order valence-corrected chi connectivity index (χ4v) is 4.52. The second-order valence-electron chi connectivity index (χ2n) is 10.2. The standard InChI is InChI=1S/C28H34N2O3/c1-18-14-22-24(31)16-26(33-25(22)15-19(18)2)27(32)29-17-23(30-12-6-7-13-30)20-8-10-21(11-9-20)28(3,4)5/h8-11,14-16,23H,6-7,12-13,17H2,1-5H3,(H,29,32)/t23-/m0/s1. The van der Waals surface area contributed by atoms with Gasteiger partial charge in [-0.2, -0.15) is 0 Å². The first-order valence-corrected chi connectivity index (χ1v) is 11.8. The summed E-state index contributed by atoms with van der Waals surface area (Å²) in [7, 11) is 0. The number of nitrogens with zero attached hydrogens (tertiary/aromatic N) is 1. The van der Waals surface area contributed by atoms with E-state index in [1.165, 1.54) is 30.0 Å². The van der Waals surface area contributed by atoms with Crippen LogP contribution in [0.3, 0.4) is 0 Å². The molecule has 1 N–H and O–H groups in total. The zero-order chi connectivity index (χ0) is 23.8. The monoisotopic (exact) mass is 446 g/mol. The van der Waals surface area contributed by atoms with Crippen LogP contribution < -0.4 is 10.7 Å². The first kappa shape index (κ1) is 23.2. The summed E-state index contributed by atoms with van der Waals surface area (Å²) in [5, 5.41) is 3.53. The van der Waals surface area contributed by atoms with Crippen molar-refractivity contribution in [2.45, 2.75) is 58.9 Å². The number of amides is 1. The minimum atomic E-state index is -0.359. The van der Waals surface area contributed by atoms with E-state index in [0.717, 1.165) is 24.2 Å². The molecule has 2 heterocycles. The van der Waals surface area contributed by atoms with E-state index >= 15 is 0 Å². The summed E-state index contributed by atoms with van der Waals surface area (Å²) in [6.07, 6.45) is 2.34. The molecule has 1 atom stereocenters.